The third kappa shape index (κ3) is 4.07. The fourth-order valence-electron chi connectivity index (χ4n) is 4.85. The molecule has 6 heteroatoms. The van der Waals surface area contributed by atoms with Gasteiger partial charge in [0.25, 0.3) is 5.91 Å². The molecule has 6 nitrogen and oxygen atoms in total. The first-order chi connectivity index (χ1) is 15.2. The van der Waals surface area contributed by atoms with Gasteiger partial charge in [-0.1, -0.05) is 36.4 Å². The SMILES string of the molecule is CCNc1cccc(C2CCc3nc(C(=O)N4CCC(c5ccccc5)C4)cn3C2)n1. The summed E-state index contributed by atoms with van der Waals surface area (Å²) >= 11 is 0. The lowest BCUT2D eigenvalue weighted by atomic mass is 9.95. The topological polar surface area (TPSA) is 63.1 Å². The summed E-state index contributed by atoms with van der Waals surface area (Å²) in [6, 6.07) is 16.7. The van der Waals surface area contributed by atoms with Crippen molar-refractivity contribution in [3.63, 3.8) is 0 Å². The van der Waals surface area contributed by atoms with Crippen molar-refractivity contribution in [2.45, 2.75) is 44.6 Å². The maximum absolute atomic E-state index is 13.1. The predicted octanol–water partition coefficient (Wildman–Crippen LogP) is 4.07. The zero-order valence-corrected chi connectivity index (χ0v) is 18.0. The van der Waals surface area contributed by atoms with E-state index >= 15 is 0 Å². The van der Waals surface area contributed by atoms with E-state index in [0.717, 1.165) is 62.8 Å². The van der Waals surface area contributed by atoms with Crippen LogP contribution in [0.15, 0.2) is 54.7 Å². The van der Waals surface area contributed by atoms with E-state index < -0.39 is 0 Å². The molecule has 160 valence electrons. The number of amides is 1. The number of carbonyl (C=O) groups excluding carboxylic acids is 1. The van der Waals surface area contributed by atoms with E-state index in [1.165, 1.54) is 5.56 Å². The molecule has 31 heavy (non-hydrogen) atoms. The van der Waals surface area contributed by atoms with Gasteiger partial charge in [-0.3, -0.25) is 4.79 Å². The molecule has 0 aliphatic carbocycles. The highest BCUT2D eigenvalue weighted by Crippen LogP contribution is 2.30. The number of fused-ring (bicyclic) bond motifs is 1. The van der Waals surface area contributed by atoms with Crippen molar-refractivity contribution >= 4 is 11.7 Å². The van der Waals surface area contributed by atoms with Crippen LogP contribution >= 0.6 is 0 Å². The lowest BCUT2D eigenvalue weighted by Crippen LogP contribution is -2.28. The number of anilines is 1. The second-order valence-corrected chi connectivity index (χ2v) is 8.56. The average molecular weight is 416 g/mol. The Morgan fingerprint density at radius 2 is 1.90 bits per heavy atom. The summed E-state index contributed by atoms with van der Waals surface area (Å²) < 4.78 is 2.16. The molecule has 2 aromatic heterocycles. The fourth-order valence-corrected chi connectivity index (χ4v) is 4.85. The van der Waals surface area contributed by atoms with E-state index in [4.69, 9.17) is 9.97 Å². The normalized spacial score (nSPS) is 20.5. The number of likely N-dealkylation sites (tertiary alicyclic amines) is 1. The van der Waals surface area contributed by atoms with E-state index in [1.807, 2.05) is 23.2 Å². The van der Waals surface area contributed by atoms with Gasteiger partial charge in [0.2, 0.25) is 0 Å². The summed E-state index contributed by atoms with van der Waals surface area (Å²) in [6.45, 7) is 5.33. The number of benzene rings is 1. The number of hydrogen-bond acceptors (Lipinski definition) is 4. The molecular weight excluding hydrogens is 386 g/mol. The molecule has 4 heterocycles. The first-order valence-electron chi connectivity index (χ1n) is 11.3. The molecular formula is C25H29N5O. The maximum atomic E-state index is 13.1. The standard InChI is InChI=1S/C25H29N5O/c1-2-26-23-10-6-9-21(27-23)20-11-12-24-28-22(17-30(24)16-20)25(31)29-14-13-19(15-29)18-7-4-3-5-8-18/h3-10,17,19-20H,2,11-16H2,1H3,(H,26,27). The smallest absolute Gasteiger partial charge is 0.274 e. The number of aryl methyl sites for hydroxylation is 1. The molecule has 1 saturated heterocycles. The zero-order valence-electron chi connectivity index (χ0n) is 18.0. The summed E-state index contributed by atoms with van der Waals surface area (Å²) in [5.74, 6) is 2.76. The highest BCUT2D eigenvalue weighted by atomic mass is 16.2. The number of rotatable bonds is 5. The van der Waals surface area contributed by atoms with Crippen LogP contribution in [0.5, 0.6) is 0 Å². The number of nitrogens with one attached hydrogen (secondary N) is 1. The number of imidazole rings is 1. The van der Waals surface area contributed by atoms with Gasteiger partial charge in [0.1, 0.15) is 17.3 Å². The van der Waals surface area contributed by atoms with Crippen molar-refractivity contribution in [1.29, 1.82) is 0 Å². The molecule has 0 saturated carbocycles. The van der Waals surface area contributed by atoms with Gasteiger partial charge < -0.3 is 14.8 Å². The Bertz CT molecular complexity index is 1060. The largest absolute Gasteiger partial charge is 0.370 e. The van der Waals surface area contributed by atoms with Crippen molar-refractivity contribution < 1.29 is 4.79 Å². The minimum atomic E-state index is 0.0594. The number of pyridine rings is 1. The third-order valence-corrected chi connectivity index (χ3v) is 6.51. The molecule has 2 atom stereocenters. The Morgan fingerprint density at radius 1 is 1.03 bits per heavy atom. The number of hydrogen-bond donors (Lipinski definition) is 1. The second-order valence-electron chi connectivity index (χ2n) is 8.56. The molecule has 1 amide bonds. The molecule has 1 N–H and O–H groups in total. The summed E-state index contributed by atoms with van der Waals surface area (Å²) in [4.78, 5) is 24.6. The molecule has 2 aliphatic heterocycles. The van der Waals surface area contributed by atoms with Crippen LogP contribution in [0.1, 0.15) is 59.2 Å². The van der Waals surface area contributed by atoms with E-state index in [0.29, 0.717) is 17.5 Å². The van der Waals surface area contributed by atoms with Gasteiger partial charge in [0, 0.05) is 56.3 Å². The van der Waals surface area contributed by atoms with E-state index in [-0.39, 0.29) is 5.91 Å². The van der Waals surface area contributed by atoms with Gasteiger partial charge in [0.05, 0.1) is 0 Å². The number of carbonyl (C=O) groups is 1. The highest BCUT2D eigenvalue weighted by Gasteiger charge is 2.31. The lowest BCUT2D eigenvalue weighted by Gasteiger charge is -2.23. The lowest BCUT2D eigenvalue weighted by molar-refractivity contribution is 0.0785. The van der Waals surface area contributed by atoms with Gasteiger partial charge in [0.15, 0.2) is 0 Å². The van der Waals surface area contributed by atoms with Crippen LogP contribution in [0.4, 0.5) is 5.82 Å². The molecule has 1 aromatic carbocycles. The summed E-state index contributed by atoms with van der Waals surface area (Å²) in [7, 11) is 0. The van der Waals surface area contributed by atoms with Crippen molar-refractivity contribution in [2.24, 2.45) is 0 Å². The molecule has 5 rings (SSSR count). The van der Waals surface area contributed by atoms with Gasteiger partial charge in [-0.05, 0) is 37.5 Å². The average Bonchev–Trinajstić information content (AvgIpc) is 3.47. The fraction of sp³-hybridized carbons (Fsp3) is 0.400. The molecule has 2 unspecified atom stereocenters. The van der Waals surface area contributed by atoms with Crippen LogP contribution in [-0.4, -0.2) is 45.0 Å². The molecule has 0 bridgehead atoms. The van der Waals surface area contributed by atoms with Crippen LogP contribution in [0, 0.1) is 0 Å². The summed E-state index contributed by atoms with van der Waals surface area (Å²) in [5.41, 5.74) is 3.01. The van der Waals surface area contributed by atoms with Crippen LogP contribution in [0.2, 0.25) is 0 Å². The monoisotopic (exact) mass is 415 g/mol. The van der Waals surface area contributed by atoms with Crippen LogP contribution in [0.3, 0.4) is 0 Å². The van der Waals surface area contributed by atoms with Gasteiger partial charge >= 0.3 is 0 Å². The molecule has 3 aromatic rings. The van der Waals surface area contributed by atoms with Crippen LogP contribution in [0.25, 0.3) is 0 Å². The molecule has 1 fully saturated rings. The first kappa shape index (κ1) is 19.8. The van der Waals surface area contributed by atoms with Crippen LogP contribution < -0.4 is 5.32 Å². The second kappa shape index (κ2) is 8.53. The molecule has 0 spiro atoms. The summed E-state index contributed by atoms with van der Waals surface area (Å²) in [5, 5.41) is 3.29. The predicted molar refractivity (Wildman–Crippen MR) is 121 cm³/mol. The van der Waals surface area contributed by atoms with Crippen molar-refractivity contribution in [3.05, 3.63) is 77.5 Å². The minimum absolute atomic E-state index is 0.0594. The highest BCUT2D eigenvalue weighted by molar-refractivity contribution is 5.92. The minimum Gasteiger partial charge on any atom is -0.370 e. The Kier molecular flexibility index (Phi) is 5.45. The summed E-state index contributed by atoms with van der Waals surface area (Å²) in [6.07, 6.45) is 4.84. The Hall–Kier alpha value is -3.15. The quantitative estimate of drug-likeness (QED) is 0.682. The van der Waals surface area contributed by atoms with Crippen molar-refractivity contribution in [3.8, 4) is 0 Å². The Balaban J connectivity index is 1.28. The van der Waals surface area contributed by atoms with Gasteiger partial charge in [-0.25, -0.2) is 9.97 Å². The van der Waals surface area contributed by atoms with E-state index in [9.17, 15) is 4.79 Å². The first-order valence-corrected chi connectivity index (χ1v) is 11.3. The molecule has 2 aliphatic rings. The number of aromatic nitrogens is 3. The Morgan fingerprint density at radius 3 is 2.74 bits per heavy atom. The van der Waals surface area contributed by atoms with Crippen molar-refractivity contribution in [1.82, 2.24) is 19.4 Å². The van der Waals surface area contributed by atoms with Gasteiger partial charge in [-0.2, -0.15) is 0 Å². The third-order valence-electron chi connectivity index (χ3n) is 6.51. The van der Waals surface area contributed by atoms with Gasteiger partial charge in [-0.15, -0.1) is 0 Å². The van der Waals surface area contributed by atoms with Crippen molar-refractivity contribution in [2.75, 3.05) is 25.0 Å². The van der Waals surface area contributed by atoms with E-state index in [1.54, 1.807) is 0 Å². The van der Waals surface area contributed by atoms with Crippen LogP contribution in [-0.2, 0) is 13.0 Å². The zero-order chi connectivity index (χ0) is 21.2. The number of nitrogens with zero attached hydrogens (tertiary/aromatic N) is 4. The van der Waals surface area contributed by atoms with E-state index in [2.05, 4.69) is 53.2 Å². The maximum Gasteiger partial charge on any atom is 0.274 e. The Labute approximate surface area is 183 Å². The molecule has 0 radical (unpaired) electrons.